The molecule has 0 aliphatic heterocycles. The molecule has 0 spiro atoms. The largest absolute Gasteiger partial charge is 0.507 e. The zero-order valence-electron chi connectivity index (χ0n) is 8.31. The van der Waals surface area contributed by atoms with Crippen LogP contribution in [0.25, 0.3) is 0 Å². The van der Waals surface area contributed by atoms with Crippen molar-refractivity contribution < 1.29 is 18.3 Å². The monoisotopic (exact) mass is 229 g/mol. The Hall–Kier alpha value is -1.56. The Kier molecular flexibility index (Phi) is 2.99. The number of nitrogens with one attached hydrogen (secondary N) is 1. The van der Waals surface area contributed by atoms with Crippen molar-refractivity contribution >= 4 is 21.5 Å². The van der Waals surface area contributed by atoms with Crippen LogP contribution in [0.4, 0.5) is 5.69 Å². The van der Waals surface area contributed by atoms with Gasteiger partial charge in [-0.25, -0.2) is 8.42 Å². The number of phenolic OH excluding ortho intramolecular Hbond substituents is 1. The highest BCUT2D eigenvalue weighted by molar-refractivity contribution is 7.92. The number of carbonyl (C=O) groups is 1. The number of hydrogen-bond donors (Lipinski definition) is 2. The van der Waals surface area contributed by atoms with Crippen molar-refractivity contribution in [3.05, 3.63) is 23.8 Å². The molecule has 6 heteroatoms. The van der Waals surface area contributed by atoms with E-state index in [1.165, 1.54) is 25.1 Å². The quantitative estimate of drug-likeness (QED) is 0.756. The molecule has 0 amide bonds. The molecule has 0 aliphatic carbocycles. The molecule has 0 saturated heterocycles. The van der Waals surface area contributed by atoms with Gasteiger partial charge in [0.15, 0.2) is 5.78 Å². The molecule has 15 heavy (non-hydrogen) atoms. The standard InChI is InChI=1S/C9H11NO4S/c1-6(11)8-4-3-7(5-9(8)12)10-15(2,13)14/h3-5,10,12H,1-2H3. The third-order valence-electron chi connectivity index (χ3n) is 1.68. The summed E-state index contributed by atoms with van der Waals surface area (Å²) in [5, 5.41) is 9.40. The Labute approximate surface area is 87.8 Å². The minimum Gasteiger partial charge on any atom is -0.507 e. The lowest BCUT2D eigenvalue weighted by Crippen LogP contribution is -2.09. The van der Waals surface area contributed by atoms with Crippen LogP contribution in [0.5, 0.6) is 5.75 Å². The Morgan fingerprint density at radius 1 is 1.40 bits per heavy atom. The molecule has 0 bridgehead atoms. The van der Waals surface area contributed by atoms with E-state index in [1.54, 1.807) is 0 Å². The third-order valence-corrected chi connectivity index (χ3v) is 2.29. The number of Topliss-reactive ketones (excluding diaryl/α,β-unsaturated/α-hetero) is 1. The van der Waals surface area contributed by atoms with Crippen LogP contribution in [0.1, 0.15) is 17.3 Å². The van der Waals surface area contributed by atoms with Crippen molar-refractivity contribution in [2.75, 3.05) is 11.0 Å². The van der Waals surface area contributed by atoms with Crippen molar-refractivity contribution in [3.63, 3.8) is 0 Å². The summed E-state index contributed by atoms with van der Waals surface area (Å²) in [4.78, 5) is 11.0. The summed E-state index contributed by atoms with van der Waals surface area (Å²) in [6.45, 7) is 1.32. The molecule has 0 heterocycles. The average Bonchev–Trinajstić information content (AvgIpc) is 1.99. The number of anilines is 1. The van der Waals surface area contributed by atoms with Crippen molar-refractivity contribution in [1.82, 2.24) is 0 Å². The van der Waals surface area contributed by atoms with Crippen LogP contribution in [-0.2, 0) is 10.0 Å². The lowest BCUT2D eigenvalue weighted by atomic mass is 10.1. The molecule has 1 aromatic rings. The molecule has 0 atom stereocenters. The van der Waals surface area contributed by atoms with Crippen molar-refractivity contribution in [3.8, 4) is 5.75 Å². The van der Waals surface area contributed by atoms with E-state index in [1.807, 2.05) is 0 Å². The van der Waals surface area contributed by atoms with Crippen LogP contribution in [0.3, 0.4) is 0 Å². The summed E-state index contributed by atoms with van der Waals surface area (Å²) in [7, 11) is -3.37. The van der Waals surface area contributed by atoms with Gasteiger partial charge in [0.1, 0.15) is 5.75 Å². The van der Waals surface area contributed by atoms with Crippen LogP contribution in [0.2, 0.25) is 0 Å². The van der Waals surface area contributed by atoms with E-state index in [0.717, 1.165) is 6.26 Å². The van der Waals surface area contributed by atoms with Gasteiger partial charge in [-0.2, -0.15) is 0 Å². The zero-order chi connectivity index (χ0) is 11.6. The lowest BCUT2D eigenvalue weighted by Gasteiger charge is -2.06. The van der Waals surface area contributed by atoms with Gasteiger partial charge in [0.25, 0.3) is 0 Å². The van der Waals surface area contributed by atoms with E-state index in [4.69, 9.17) is 0 Å². The molecular formula is C9H11NO4S. The minimum atomic E-state index is -3.37. The first kappa shape index (κ1) is 11.5. The molecule has 1 aromatic carbocycles. The number of aromatic hydroxyl groups is 1. The number of ketones is 1. The van der Waals surface area contributed by atoms with Gasteiger partial charge in [-0.05, 0) is 19.1 Å². The highest BCUT2D eigenvalue weighted by Crippen LogP contribution is 2.22. The summed E-state index contributed by atoms with van der Waals surface area (Å²) in [5.74, 6) is -0.519. The Balaban J connectivity index is 3.07. The first-order valence-corrected chi connectivity index (χ1v) is 6.00. The fourth-order valence-electron chi connectivity index (χ4n) is 1.11. The Morgan fingerprint density at radius 3 is 2.40 bits per heavy atom. The number of sulfonamides is 1. The van der Waals surface area contributed by atoms with Gasteiger partial charge in [-0.15, -0.1) is 0 Å². The van der Waals surface area contributed by atoms with E-state index in [-0.39, 0.29) is 22.8 Å². The fraction of sp³-hybridized carbons (Fsp3) is 0.222. The van der Waals surface area contributed by atoms with E-state index in [0.29, 0.717) is 0 Å². The number of phenols is 1. The minimum absolute atomic E-state index is 0.161. The highest BCUT2D eigenvalue weighted by atomic mass is 32.2. The molecule has 0 aliphatic rings. The van der Waals surface area contributed by atoms with E-state index in [2.05, 4.69) is 4.72 Å². The normalized spacial score (nSPS) is 11.1. The Bertz CT molecular complexity index is 493. The third kappa shape index (κ3) is 3.25. The molecular weight excluding hydrogens is 218 g/mol. The predicted octanol–water partition coefficient (Wildman–Crippen LogP) is 0.966. The van der Waals surface area contributed by atoms with Crippen LogP contribution in [0, 0.1) is 0 Å². The van der Waals surface area contributed by atoms with E-state index in [9.17, 15) is 18.3 Å². The summed E-state index contributed by atoms with van der Waals surface area (Å²) in [6, 6.07) is 3.97. The van der Waals surface area contributed by atoms with Gasteiger partial charge in [0.05, 0.1) is 17.5 Å². The zero-order valence-corrected chi connectivity index (χ0v) is 9.13. The maximum atomic E-state index is 11.0. The van der Waals surface area contributed by atoms with Gasteiger partial charge in [-0.3, -0.25) is 9.52 Å². The van der Waals surface area contributed by atoms with Crippen molar-refractivity contribution in [2.45, 2.75) is 6.92 Å². The van der Waals surface area contributed by atoms with Crippen LogP contribution in [0.15, 0.2) is 18.2 Å². The summed E-state index contributed by atoms with van der Waals surface area (Å²) >= 11 is 0. The summed E-state index contributed by atoms with van der Waals surface area (Å²) in [5.41, 5.74) is 0.383. The summed E-state index contributed by atoms with van der Waals surface area (Å²) in [6.07, 6.45) is 1.00. The molecule has 0 unspecified atom stereocenters. The van der Waals surface area contributed by atoms with Crippen molar-refractivity contribution in [1.29, 1.82) is 0 Å². The van der Waals surface area contributed by atoms with E-state index < -0.39 is 10.0 Å². The lowest BCUT2D eigenvalue weighted by molar-refractivity contribution is 0.101. The van der Waals surface area contributed by atoms with Crippen LogP contribution in [-0.4, -0.2) is 25.6 Å². The molecule has 2 N–H and O–H groups in total. The maximum absolute atomic E-state index is 11.0. The molecule has 82 valence electrons. The second-order valence-corrected chi connectivity index (χ2v) is 4.91. The smallest absolute Gasteiger partial charge is 0.229 e. The van der Waals surface area contributed by atoms with Crippen LogP contribution < -0.4 is 4.72 Å². The van der Waals surface area contributed by atoms with Crippen molar-refractivity contribution in [2.24, 2.45) is 0 Å². The fourth-order valence-corrected chi connectivity index (χ4v) is 1.66. The Morgan fingerprint density at radius 2 is 2.00 bits per heavy atom. The molecule has 5 nitrogen and oxygen atoms in total. The predicted molar refractivity (Wildman–Crippen MR) is 56.6 cm³/mol. The highest BCUT2D eigenvalue weighted by Gasteiger charge is 2.08. The second-order valence-electron chi connectivity index (χ2n) is 3.16. The number of rotatable bonds is 3. The SMILES string of the molecule is CC(=O)c1ccc(NS(C)(=O)=O)cc1O. The number of hydrogen-bond acceptors (Lipinski definition) is 4. The molecule has 0 fully saturated rings. The first-order chi connectivity index (χ1) is 6.79. The molecule has 1 rings (SSSR count). The van der Waals surface area contributed by atoms with Gasteiger partial charge >= 0.3 is 0 Å². The molecule has 0 saturated carbocycles. The molecule has 0 radical (unpaired) electrons. The van der Waals surface area contributed by atoms with Gasteiger partial charge in [0.2, 0.25) is 10.0 Å². The molecule has 0 aromatic heterocycles. The van der Waals surface area contributed by atoms with Gasteiger partial charge < -0.3 is 5.11 Å². The topological polar surface area (TPSA) is 83.5 Å². The summed E-state index contributed by atoms with van der Waals surface area (Å²) < 4.78 is 23.9. The number of benzene rings is 1. The maximum Gasteiger partial charge on any atom is 0.229 e. The number of carbonyl (C=O) groups excluding carboxylic acids is 1. The first-order valence-electron chi connectivity index (χ1n) is 4.11. The van der Waals surface area contributed by atoms with E-state index >= 15 is 0 Å². The van der Waals surface area contributed by atoms with Gasteiger partial charge in [-0.1, -0.05) is 0 Å². The second kappa shape index (κ2) is 3.90. The average molecular weight is 229 g/mol. The van der Waals surface area contributed by atoms with Gasteiger partial charge in [0, 0.05) is 6.07 Å². The van der Waals surface area contributed by atoms with Crippen LogP contribution >= 0.6 is 0 Å².